The summed E-state index contributed by atoms with van der Waals surface area (Å²) in [6.07, 6.45) is 0. The quantitative estimate of drug-likeness (QED) is 0.675. The Morgan fingerprint density at radius 3 is 2.69 bits per heavy atom. The van der Waals surface area contributed by atoms with Crippen molar-refractivity contribution in [3.63, 3.8) is 0 Å². The van der Waals surface area contributed by atoms with Gasteiger partial charge in [-0.2, -0.15) is 0 Å². The lowest BCUT2D eigenvalue weighted by atomic mass is 10.2. The minimum Gasteiger partial charge on any atom is -1.00 e. The largest absolute Gasteiger partial charge is 1.00 e. The molecule has 0 fully saturated rings. The standard InChI is InChI=1S/C11H16ClNO2.ClH/c1-14-6-5-13-8-9-7-10(12)3-4-11(9)15-2;/h3-4,7,13H,5-6,8H2,1-2H3;1H/p-1. The molecule has 1 N–H and O–H groups in total. The molecule has 5 heteroatoms. The molecule has 0 aliphatic carbocycles. The second-order valence-corrected chi connectivity index (χ2v) is 3.56. The van der Waals surface area contributed by atoms with Crippen molar-refractivity contribution in [2.75, 3.05) is 27.4 Å². The number of hydrogen-bond donors (Lipinski definition) is 1. The Kier molecular flexibility index (Phi) is 8.39. The number of nitrogens with one attached hydrogen (secondary N) is 1. The number of halogens is 2. The van der Waals surface area contributed by atoms with Crippen LogP contribution in [0.4, 0.5) is 0 Å². The van der Waals surface area contributed by atoms with E-state index in [-0.39, 0.29) is 12.4 Å². The molecule has 0 aromatic heterocycles. The second kappa shape index (κ2) is 8.65. The summed E-state index contributed by atoms with van der Waals surface area (Å²) in [7, 11) is 3.34. The van der Waals surface area contributed by atoms with Gasteiger partial charge in [-0.05, 0) is 18.2 Å². The molecule has 1 aromatic rings. The summed E-state index contributed by atoms with van der Waals surface area (Å²) >= 11 is 5.91. The zero-order valence-electron chi connectivity index (χ0n) is 9.43. The van der Waals surface area contributed by atoms with E-state index < -0.39 is 0 Å². The molecule has 0 atom stereocenters. The molecular weight excluding hydrogens is 249 g/mol. The Labute approximate surface area is 107 Å². The molecule has 0 heterocycles. The normalized spacial score (nSPS) is 9.69. The lowest BCUT2D eigenvalue weighted by Gasteiger charge is -2.09. The van der Waals surface area contributed by atoms with Crippen LogP contribution in [0.3, 0.4) is 0 Å². The molecule has 1 aromatic carbocycles. The van der Waals surface area contributed by atoms with E-state index in [0.29, 0.717) is 6.61 Å². The number of benzene rings is 1. The van der Waals surface area contributed by atoms with E-state index in [9.17, 15) is 0 Å². The van der Waals surface area contributed by atoms with Crippen LogP contribution in [0.2, 0.25) is 5.02 Å². The van der Waals surface area contributed by atoms with Gasteiger partial charge in [0.15, 0.2) is 0 Å². The third kappa shape index (κ3) is 5.03. The highest BCUT2D eigenvalue weighted by atomic mass is 35.5. The highest BCUT2D eigenvalue weighted by Crippen LogP contribution is 2.22. The molecule has 0 unspecified atom stereocenters. The first-order chi connectivity index (χ1) is 7.27. The maximum absolute atomic E-state index is 5.91. The van der Waals surface area contributed by atoms with Gasteiger partial charge >= 0.3 is 0 Å². The van der Waals surface area contributed by atoms with Crippen molar-refractivity contribution in [2.24, 2.45) is 0 Å². The molecule has 3 nitrogen and oxygen atoms in total. The summed E-state index contributed by atoms with van der Waals surface area (Å²) in [6.45, 7) is 2.24. The molecule has 16 heavy (non-hydrogen) atoms. The number of methoxy groups -OCH3 is 2. The molecule has 0 saturated carbocycles. The summed E-state index contributed by atoms with van der Waals surface area (Å²) in [5.41, 5.74) is 1.06. The Morgan fingerprint density at radius 2 is 2.06 bits per heavy atom. The highest BCUT2D eigenvalue weighted by molar-refractivity contribution is 6.30. The van der Waals surface area contributed by atoms with Crippen LogP contribution in [0, 0.1) is 0 Å². The van der Waals surface area contributed by atoms with Gasteiger partial charge in [-0.3, -0.25) is 0 Å². The SMILES string of the molecule is COCCNCc1cc(Cl)ccc1OC.[Cl-]. The van der Waals surface area contributed by atoms with Gasteiger partial charge < -0.3 is 27.2 Å². The van der Waals surface area contributed by atoms with Crippen LogP contribution in [0.5, 0.6) is 5.75 Å². The molecular formula is C11H16Cl2NO2-. The van der Waals surface area contributed by atoms with E-state index >= 15 is 0 Å². The topological polar surface area (TPSA) is 30.5 Å². The van der Waals surface area contributed by atoms with E-state index in [2.05, 4.69) is 5.32 Å². The van der Waals surface area contributed by atoms with E-state index in [0.717, 1.165) is 29.4 Å². The molecule has 92 valence electrons. The monoisotopic (exact) mass is 264 g/mol. The smallest absolute Gasteiger partial charge is 0.123 e. The van der Waals surface area contributed by atoms with Crippen LogP contribution in [0.15, 0.2) is 18.2 Å². The molecule has 0 spiro atoms. The van der Waals surface area contributed by atoms with Crippen molar-refractivity contribution in [2.45, 2.75) is 6.54 Å². The average molecular weight is 265 g/mol. The molecule has 0 aliphatic rings. The molecule has 0 aliphatic heterocycles. The third-order valence-electron chi connectivity index (χ3n) is 2.04. The molecule has 0 saturated heterocycles. The first-order valence-corrected chi connectivity index (χ1v) is 5.17. The third-order valence-corrected chi connectivity index (χ3v) is 2.28. The Hall–Kier alpha value is -0.480. The zero-order valence-corrected chi connectivity index (χ0v) is 10.9. The van der Waals surface area contributed by atoms with Gasteiger partial charge in [-0.15, -0.1) is 0 Å². The molecule has 0 radical (unpaired) electrons. The summed E-state index contributed by atoms with van der Waals surface area (Å²) in [5.74, 6) is 0.851. The molecule has 0 amide bonds. The van der Waals surface area contributed by atoms with Crippen molar-refractivity contribution < 1.29 is 21.9 Å². The van der Waals surface area contributed by atoms with Crippen LogP contribution < -0.4 is 22.5 Å². The van der Waals surface area contributed by atoms with Gasteiger partial charge in [0.2, 0.25) is 0 Å². The fraction of sp³-hybridized carbons (Fsp3) is 0.455. The fourth-order valence-electron chi connectivity index (χ4n) is 1.28. The lowest BCUT2D eigenvalue weighted by Crippen LogP contribution is -3.00. The van der Waals surface area contributed by atoms with Crippen LogP contribution in [-0.4, -0.2) is 27.4 Å². The molecule has 0 bridgehead atoms. The van der Waals surface area contributed by atoms with Crippen molar-refractivity contribution in [1.29, 1.82) is 0 Å². The summed E-state index contributed by atoms with van der Waals surface area (Å²) in [6, 6.07) is 5.59. The van der Waals surface area contributed by atoms with Crippen LogP contribution in [-0.2, 0) is 11.3 Å². The summed E-state index contributed by atoms with van der Waals surface area (Å²) < 4.78 is 10.2. The van der Waals surface area contributed by atoms with Gasteiger partial charge in [0.1, 0.15) is 5.75 Å². The first-order valence-electron chi connectivity index (χ1n) is 4.80. The zero-order chi connectivity index (χ0) is 11.1. The Balaban J connectivity index is 0.00000225. The fourth-order valence-corrected chi connectivity index (χ4v) is 1.48. The van der Waals surface area contributed by atoms with Crippen LogP contribution in [0.1, 0.15) is 5.56 Å². The first kappa shape index (κ1) is 15.5. The highest BCUT2D eigenvalue weighted by Gasteiger charge is 2.02. The number of hydrogen-bond acceptors (Lipinski definition) is 3. The predicted octanol–water partition coefficient (Wildman–Crippen LogP) is -0.911. The maximum atomic E-state index is 5.91. The van der Waals surface area contributed by atoms with Crippen LogP contribution in [0.25, 0.3) is 0 Å². The summed E-state index contributed by atoms with van der Waals surface area (Å²) in [5, 5.41) is 3.96. The predicted molar refractivity (Wildman–Crippen MR) is 61.6 cm³/mol. The Bertz CT molecular complexity index is 308. The minimum absolute atomic E-state index is 0. The van der Waals surface area contributed by atoms with E-state index in [1.54, 1.807) is 14.2 Å². The van der Waals surface area contributed by atoms with Gasteiger partial charge in [0.25, 0.3) is 0 Å². The summed E-state index contributed by atoms with van der Waals surface area (Å²) in [4.78, 5) is 0. The van der Waals surface area contributed by atoms with Gasteiger partial charge in [0.05, 0.1) is 13.7 Å². The number of rotatable bonds is 6. The number of ether oxygens (including phenoxy) is 2. The lowest BCUT2D eigenvalue weighted by molar-refractivity contribution is -0.00000369. The maximum Gasteiger partial charge on any atom is 0.123 e. The minimum atomic E-state index is 0. The van der Waals surface area contributed by atoms with Crippen molar-refractivity contribution in [3.8, 4) is 5.75 Å². The van der Waals surface area contributed by atoms with E-state index in [4.69, 9.17) is 21.1 Å². The Morgan fingerprint density at radius 1 is 1.31 bits per heavy atom. The van der Waals surface area contributed by atoms with Gasteiger partial charge in [-0.25, -0.2) is 0 Å². The van der Waals surface area contributed by atoms with Gasteiger partial charge in [0, 0.05) is 30.8 Å². The van der Waals surface area contributed by atoms with Crippen LogP contribution >= 0.6 is 11.6 Å². The van der Waals surface area contributed by atoms with Crippen molar-refractivity contribution in [3.05, 3.63) is 28.8 Å². The van der Waals surface area contributed by atoms with Crippen molar-refractivity contribution >= 4 is 11.6 Å². The van der Waals surface area contributed by atoms with Gasteiger partial charge in [-0.1, -0.05) is 11.6 Å². The molecule has 1 rings (SSSR count). The van der Waals surface area contributed by atoms with E-state index in [1.165, 1.54) is 0 Å². The second-order valence-electron chi connectivity index (χ2n) is 3.13. The van der Waals surface area contributed by atoms with Crippen molar-refractivity contribution in [1.82, 2.24) is 5.32 Å². The average Bonchev–Trinajstić information content (AvgIpc) is 2.25. The van der Waals surface area contributed by atoms with E-state index in [1.807, 2.05) is 18.2 Å².